The molecule has 8 nitrogen and oxygen atoms in total. The summed E-state index contributed by atoms with van der Waals surface area (Å²) in [5.41, 5.74) is 0. The Bertz CT molecular complexity index is 634. The maximum Gasteiger partial charge on any atom is 0.306 e. The lowest BCUT2D eigenvalue weighted by molar-refractivity contribution is -0.154. The van der Waals surface area contributed by atoms with Gasteiger partial charge in [0.15, 0.2) is 6.61 Å². The van der Waals surface area contributed by atoms with Crippen LogP contribution in [0.2, 0.25) is 0 Å². The lowest BCUT2D eigenvalue weighted by Crippen LogP contribution is -2.40. The van der Waals surface area contributed by atoms with E-state index in [4.69, 9.17) is 14.2 Å². The molecule has 8 heteroatoms. The van der Waals surface area contributed by atoms with Crippen molar-refractivity contribution in [2.75, 3.05) is 32.9 Å². The average molecular weight is 584 g/mol. The number of carbonyl (C=O) groups excluding carboxylic acids is 4. The van der Waals surface area contributed by atoms with Crippen LogP contribution in [-0.4, -0.2) is 61.6 Å². The van der Waals surface area contributed by atoms with Gasteiger partial charge in [-0.3, -0.25) is 19.2 Å². The standard InChI is InChI=1S/C33H61NO7/c1-4-7-10-13-16-19-22-31(36)39-27-25-34(26-28-40-32(37)23-20-17-14-11-8-5-2)30(35)29-41-33(38)24-21-18-15-12-9-6-3/h4-29H2,1-3H3. The summed E-state index contributed by atoms with van der Waals surface area (Å²) in [7, 11) is 0. The molecule has 0 aliphatic carbocycles. The van der Waals surface area contributed by atoms with E-state index in [2.05, 4.69) is 20.8 Å². The Kier molecular flexibility index (Phi) is 27.9. The van der Waals surface area contributed by atoms with Crippen molar-refractivity contribution in [3.63, 3.8) is 0 Å². The first kappa shape index (κ1) is 38.9. The normalized spacial score (nSPS) is 10.8. The molecule has 0 spiro atoms. The zero-order chi connectivity index (χ0) is 30.4. The summed E-state index contributed by atoms with van der Waals surface area (Å²) >= 11 is 0. The number of hydrogen-bond donors (Lipinski definition) is 0. The smallest absolute Gasteiger partial charge is 0.306 e. The third kappa shape index (κ3) is 26.5. The monoisotopic (exact) mass is 583 g/mol. The summed E-state index contributed by atoms with van der Waals surface area (Å²) in [6, 6.07) is 0. The van der Waals surface area contributed by atoms with Gasteiger partial charge in [-0.15, -0.1) is 0 Å². The van der Waals surface area contributed by atoms with Gasteiger partial charge in [0.05, 0.1) is 13.1 Å². The number of carbonyl (C=O) groups is 4. The van der Waals surface area contributed by atoms with Gasteiger partial charge < -0.3 is 19.1 Å². The Labute approximate surface area is 250 Å². The molecule has 1 amide bonds. The van der Waals surface area contributed by atoms with Crippen LogP contribution in [0, 0.1) is 0 Å². The average Bonchev–Trinajstić information content (AvgIpc) is 2.96. The zero-order valence-corrected chi connectivity index (χ0v) is 26.7. The number of hydrogen-bond acceptors (Lipinski definition) is 7. The van der Waals surface area contributed by atoms with Crippen LogP contribution in [0.5, 0.6) is 0 Å². The van der Waals surface area contributed by atoms with E-state index in [0.29, 0.717) is 19.3 Å². The fourth-order valence-electron chi connectivity index (χ4n) is 4.50. The number of amides is 1. The minimum Gasteiger partial charge on any atom is -0.464 e. The summed E-state index contributed by atoms with van der Waals surface area (Å²) < 4.78 is 15.9. The molecule has 0 saturated carbocycles. The third-order valence-electron chi connectivity index (χ3n) is 7.16. The van der Waals surface area contributed by atoms with Crippen LogP contribution in [0.1, 0.15) is 156 Å². The van der Waals surface area contributed by atoms with Gasteiger partial charge in [0.2, 0.25) is 0 Å². The van der Waals surface area contributed by atoms with Crippen molar-refractivity contribution in [2.24, 2.45) is 0 Å². The number of rotatable bonds is 29. The second kappa shape index (κ2) is 29.4. The highest BCUT2D eigenvalue weighted by Gasteiger charge is 2.17. The van der Waals surface area contributed by atoms with Crippen LogP contribution >= 0.6 is 0 Å². The van der Waals surface area contributed by atoms with E-state index < -0.39 is 0 Å². The van der Waals surface area contributed by atoms with E-state index in [1.807, 2.05) is 0 Å². The zero-order valence-electron chi connectivity index (χ0n) is 26.7. The molecule has 0 aromatic rings. The quantitative estimate of drug-likeness (QED) is 0.0505. The topological polar surface area (TPSA) is 99.2 Å². The molecule has 0 rings (SSSR count). The van der Waals surface area contributed by atoms with Gasteiger partial charge in [-0.25, -0.2) is 0 Å². The number of nitrogens with zero attached hydrogens (tertiary/aromatic N) is 1. The molecular formula is C33H61NO7. The Hall–Kier alpha value is -2.12. The lowest BCUT2D eigenvalue weighted by atomic mass is 10.1. The van der Waals surface area contributed by atoms with E-state index in [9.17, 15) is 19.2 Å². The van der Waals surface area contributed by atoms with E-state index in [1.165, 1.54) is 62.7 Å². The maximum absolute atomic E-state index is 12.8. The minimum atomic E-state index is -0.389. The second-order valence-corrected chi connectivity index (χ2v) is 11.0. The Balaban J connectivity index is 4.48. The van der Waals surface area contributed by atoms with Crippen LogP contribution in [-0.2, 0) is 33.4 Å². The molecule has 240 valence electrons. The van der Waals surface area contributed by atoms with Crippen LogP contribution in [0.15, 0.2) is 0 Å². The Morgan fingerprint density at radius 1 is 0.439 bits per heavy atom. The molecule has 0 fully saturated rings. The molecule has 0 aliphatic heterocycles. The van der Waals surface area contributed by atoms with Crippen LogP contribution in [0.25, 0.3) is 0 Å². The van der Waals surface area contributed by atoms with Crippen molar-refractivity contribution in [3.8, 4) is 0 Å². The largest absolute Gasteiger partial charge is 0.464 e. The van der Waals surface area contributed by atoms with E-state index >= 15 is 0 Å². The molecule has 0 aromatic heterocycles. The molecule has 41 heavy (non-hydrogen) atoms. The summed E-state index contributed by atoms with van der Waals surface area (Å²) in [5, 5.41) is 0. The highest BCUT2D eigenvalue weighted by atomic mass is 16.5. The van der Waals surface area contributed by atoms with Gasteiger partial charge in [0.1, 0.15) is 13.2 Å². The van der Waals surface area contributed by atoms with Crippen LogP contribution in [0.3, 0.4) is 0 Å². The second-order valence-electron chi connectivity index (χ2n) is 11.0. The van der Waals surface area contributed by atoms with Gasteiger partial charge in [0, 0.05) is 19.3 Å². The molecule has 0 aromatic carbocycles. The van der Waals surface area contributed by atoms with Crippen molar-refractivity contribution >= 4 is 23.8 Å². The van der Waals surface area contributed by atoms with Crippen LogP contribution < -0.4 is 0 Å². The summed E-state index contributed by atoms with van der Waals surface area (Å²) in [4.78, 5) is 50.6. The summed E-state index contributed by atoms with van der Waals surface area (Å²) in [5.74, 6) is -1.32. The van der Waals surface area contributed by atoms with Crippen molar-refractivity contribution < 1.29 is 33.4 Å². The highest BCUT2D eigenvalue weighted by Crippen LogP contribution is 2.10. The summed E-state index contributed by atoms with van der Waals surface area (Å²) in [6.07, 6.45) is 20.5. The van der Waals surface area contributed by atoms with Crippen molar-refractivity contribution in [3.05, 3.63) is 0 Å². The molecule has 0 aliphatic rings. The van der Waals surface area contributed by atoms with Gasteiger partial charge >= 0.3 is 17.9 Å². The summed E-state index contributed by atoms with van der Waals surface area (Å²) in [6.45, 7) is 6.56. The predicted molar refractivity (Wildman–Crippen MR) is 163 cm³/mol. The lowest BCUT2D eigenvalue weighted by Gasteiger charge is -2.22. The maximum atomic E-state index is 12.8. The molecule has 0 heterocycles. The Morgan fingerprint density at radius 3 is 1.12 bits per heavy atom. The Morgan fingerprint density at radius 2 is 0.756 bits per heavy atom. The van der Waals surface area contributed by atoms with Crippen molar-refractivity contribution in [2.45, 2.75) is 156 Å². The molecule has 0 saturated heterocycles. The molecule has 0 radical (unpaired) electrons. The van der Waals surface area contributed by atoms with Gasteiger partial charge in [-0.1, -0.05) is 117 Å². The number of ether oxygens (including phenoxy) is 3. The molecule has 0 N–H and O–H groups in total. The highest BCUT2D eigenvalue weighted by molar-refractivity contribution is 5.80. The van der Waals surface area contributed by atoms with E-state index in [-0.39, 0.29) is 56.7 Å². The SMILES string of the molecule is CCCCCCCCC(=O)OCCN(CCOC(=O)CCCCCCCC)C(=O)COC(=O)CCCCCCCC. The van der Waals surface area contributed by atoms with E-state index in [1.54, 1.807) is 0 Å². The first-order chi connectivity index (χ1) is 19.9. The molecule has 0 unspecified atom stereocenters. The number of esters is 3. The third-order valence-corrected chi connectivity index (χ3v) is 7.16. The van der Waals surface area contributed by atoms with Crippen LogP contribution in [0.4, 0.5) is 0 Å². The van der Waals surface area contributed by atoms with Gasteiger partial charge in [-0.05, 0) is 19.3 Å². The van der Waals surface area contributed by atoms with Crippen molar-refractivity contribution in [1.29, 1.82) is 0 Å². The first-order valence-electron chi connectivity index (χ1n) is 16.7. The first-order valence-corrected chi connectivity index (χ1v) is 16.7. The van der Waals surface area contributed by atoms with Gasteiger partial charge in [0.25, 0.3) is 5.91 Å². The van der Waals surface area contributed by atoms with E-state index in [0.717, 1.165) is 57.8 Å². The van der Waals surface area contributed by atoms with Gasteiger partial charge in [-0.2, -0.15) is 0 Å². The molecule has 0 atom stereocenters. The van der Waals surface area contributed by atoms with Crippen molar-refractivity contribution in [1.82, 2.24) is 4.90 Å². The fourth-order valence-corrected chi connectivity index (χ4v) is 4.50. The molecule has 0 bridgehead atoms. The fraction of sp³-hybridized carbons (Fsp3) is 0.879. The minimum absolute atomic E-state index is 0.0534. The number of unbranched alkanes of at least 4 members (excludes halogenated alkanes) is 15. The molecular weight excluding hydrogens is 522 g/mol. The predicted octanol–water partition coefficient (Wildman–Crippen LogP) is 7.70.